The lowest BCUT2D eigenvalue weighted by molar-refractivity contribution is 0.0438. The molecule has 0 aliphatic rings. The van der Waals surface area contributed by atoms with Gasteiger partial charge >= 0.3 is 5.97 Å². The maximum atomic E-state index is 11.8. The van der Waals surface area contributed by atoms with E-state index in [1.54, 1.807) is 6.92 Å². The number of nitrogens with one attached hydrogen (secondary N) is 1. The average Bonchev–Trinajstić information content (AvgIpc) is 2.34. The van der Waals surface area contributed by atoms with Gasteiger partial charge in [0, 0.05) is 7.11 Å². The summed E-state index contributed by atoms with van der Waals surface area (Å²) in [6, 6.07) is 3.82. The summed E-state index contributed by atoms with van der Waals surface area (Å²) in [6.07, 6.45) is 0. The van der Waals surface area contributed by atoms with Crippen molar-refractivity contribution in [3.8, 4) is 0 Å². The summed E-state index contributed by atoms with van der Waals surface area (Å²) in [5.41, 5.74) is 0.409. The summed E-state index contributed by atoms with van der Waals surface area (Å²) < 4.78 is 28.3. The molecule has 19 heavy (non-hydrogen) atoms. The summed E-state index contributed by atoms with van der Waals surface area (Å²) in [4.78, 5) is 17.4. The molecule has 0 saturated carbocycles. The van der Waals surface area contributed by atoms with Crippen LogP contribution < -0.4 is 4.89 Å². The van der Waals surface area contributed by atoms with Gasteiger partial charge in [0.1, 0.15) is 0 Å². The van der Waals surface area contributed by atoms with Crippen LogP contribution in [0.5, 0.6) is 0 Å². The highest BCUT2D eigenvalue weighted by atomic mass is 32.2. The zero-order valence-corrected chi connectivity index (χ0v) is 11.4. The minimum atomic E-state index is -3.90. The normalized spacial score (nSPS) is 11.5. The Morgan fingerprint density at radius 3 is 2.63 bits per heavy atom. The molecule has 1 rings (SSSR count). The Balaban J connectivity index is 2.89. The standard InChI is InChI=1S/C11H15NO6S/c1-8-3-4-9(7-10(8)11(13)14)19(15,16)12-18-6-5-17-2/h3-4,7,12H,5-6H2,1-2H3,(H,13,14). The van der Waals surface area contributed by atoms with Crippen molar-refractivity contribution >= 4 is 16.0 Å². The number of carboxylic acid groups (broad SMARTS) is 1. The van der Waals surface area contributed by atoms with Crippen molar-refractivity contribution in [3.63, 3.8) is 0 Å². The molecular formula is C11H15NO6S. The quantitative estimate of drug-likeness (QED) is 0.561. The van der Waals surface area contributed by atoms with Crippen molar-refractivity contribution in [3.05, 3.63) is 29.3 Å². The molecule has 0 heterocycles. The van der Waals surface area contributed by atoms with Crippen molar-refractivity contribution in [2.45, 2.75) is 11.8 Å². The molecule has 0 atom stereocenters. The van der Waals surface area contributed by atoms with Crippen LogP contribution in [-0.4, -0.2) is 39.8 Å². The number of hydrogen-bond donors (Lipinski definition) is 2. The van der Waals surface area contributed by atoms with Crippen molar-refractivity contribution < 1.29 is 27.9 Å². The average molecular weight is 289 g/mol. The number of aromatic carboxylic acids is 1. The summed E-state index contributed by atoms with van der Waals surface area (Å²) in [6.45, 7) is 1.87. The molecule has 0 aliphatic heterocycles. The van der Waals surface area contributed by atoms with Gasteiger partial charge in [-0.05, 0) is 24.6 Å². The number of benzene rings is 1. The highest BCUT2D eigenvalue weighted by Gasteiger charge is 2.17. The lowest BCUT2D eigenvalue weighted by Gasteiger charge is -2.08. The van der Waals surface area contributed by atoms with Gasteiger partial charge in [-0.1, -0.05) is 11.0 Å². The predicted octanol–water partition coefficient (Wildman–Crippen LogP) is 0.550. The summed E-state index contributed by atoms with van der Waals surface area (Å²) in [5.74, 6) is -1.19. The Morgan fingerprint density at radius 2 is 2.05 bits per heavy atom. The molecule has 1 aromatic carbocycles. The van der Waals surface area contributed by atoms with E-state index >= 15 is 0 Å². The maximum absolute atomic E-state index is 11.8. The topological polar surface area (TPSA) is 102 Å². The second-order valence-corrected chi connectivity index (χ2v) is 5.35. The van der Waals surface area contributed by atoms with E-state index in [0.29, 0.717) is 5.56 Å². The van der Waals surface area contributed by atoms with Crippen LogP contribution in [0.15, 0.2) is 23.1 Å². The van der Waals surface area contributed by atoms with Gasteiger partial charge in [-0.25, -0.2) is 13.2 Å². The monoisotopic (exact) mass is 289 g/mol. The minimum Gasteiger partial charge on any atom is -0.478 e. The van der Waals surface area contributed by atoms with E-state index in [-0.39, 0.29) is 23.7 Å². The van der Waals surface area contributed by atoms with Crippen LogP contribution >= 0.6 is 0 Å². The molecule has 1 aromatic rings. The van der Waals surface area contributed by atoms with E-state index < -0.39 is 16.0 Å². The number of ether oxygens (including phenoxy) is 1. The number of sulfonamides is 1. The largest absolute Gasteiger partial charge is 0.478 e. The molecule has 0 bridgehead atoms. The Labute approximate surface area is 111 Å². The van der Waals surface area contributed by atoms with Gasteiger partial charge in [0.2, 0.25) is 0 Å². The fourth-order valence-electron chi connectivity index (χ4n) is 1.29. The van der Waals surface area contributed by atoms with Crippen LogP contribution in [0, 0.1) is 6.92 Å². The molecule has 0 amide bonds. The minimum absolute atomic E-state index is 0.0490. The molecular weight excluding hydrogens is 274 g/mol. The predicted molar refractivity (Wildman–Crippen MR) is 66.3 cm³/mol. The van der Waals surface area contributed by atoms with Crippen LogP contribution in [0.3, 0.4) is 0 Å². The van der Waals surface area contributed by atoms with Crippen LogP contribution in [0.4, 0.5) is 0 Å². The summed E-state index contributed by atoms with van der Waals surface area (Å²) in [7, 11) is -2.45. The molecule has 0 saturated heterocycles. The molecule has 0 aliphatic carbocycles. The molecule has 7 nitrogen and oxygen atoms in total. The van der Waals surface area contributed by atoms with Gasteiger partial charge in [0.25, 0.3) is 10.0 Å². The lowest BCUT2D eigenvalue weighted by atomic mass is 10.1. The third-order valence-electron chi connectivity index (χ3n) is 2.31. The number of hydrogen-bond acceptors (Lipinski definition) is 5. The van der Waals surface area contributed by atoms with E-state index in [2.05, 4.69) is 0 Å². The van der Waals surface area contributed by atoms with E-state index in [9.17, 15) is 13.2 Å². The fourth-order valence-corrected chi connectivity index (χ4v) is 2.15. The first kappa shape index (κ1) is 15.6. The van der Waals surface area contributed by atoms with E-state index in [1.807, 2.05) is 4.89 Å². The summed E-state index contributed by atoms with van der Waals surface area (Å²) >= 11 is 0. The second-order valence-electron chi connectivity index (χ2n) is 3.71. The highest BCUT2D eigenvalue weighted by Crippen LogP contribution is 2.15. The lowest BCUT2D eigenvalue weighted by Crippen LogP contribution is -2.26. The molecule has 0 fully saturated rings. The van der Waals surface area contributed by atoms with Crippen LogP contribution in [0.2, 0.25) is 0 Å². The molecule has 106 valence electrons. The third-order valence-corrected chi connectivity index (χ3v) is 3.52. The highest BCUT2D eigenvalue weighted by molar-refractivity contribution is 7.89. The number of carboxylic acids is 1. The Hall–Kier alpha value is -1.48. The SMILES string of the molecule is COCCONS(=O)(=O)c1ccc(C)c(C(=O)O)c1. The van der Waals surface area contributed by atoms with Crippen LogP contribution in [-0.2, 0) is 19.6 Å². The Morgan fingerprint density at radius 1 is 1.37 bits per heavy atom. The third kappa shape index (κ3) is 4.28. The molecule has 0 radical (unpaired) electrons. The number of rotatable bonds is 7. The molecule has 0 spiro atoms. The first-order valence-electron chi connectivity index (χ1n) is 5.35. The van der Waals surface area contributed by atoms with Gasteiger partial charge in [0.05, 0.1) is 23.7 Å². The zero-order valence-electron chi connectivity index (χ0n) is 10.5. The van der Waals surface area contributed by atoms with Crippen LogP contribution in [0.25, 0.3) is 0 Å². The van der Waals surface area contributed by atoms with Crippen molar-refractivity contribution in [1.29, 1.82) is 0 Å². The number of carbonyl (C=O) groups is 1. The van der Waals surface area contributed by atoms with Crippen molar-refractivity contribution in [2.75, 3.05) is 20.3 Å². The zero-order chi connectivity index (χ0) is 14.5. The van der Waals surface area contributed by atoms with E-state index in [1.165, 1.54) is 19.2 Å². The van der Waals surface area contributed by atoms with E-state index in [0.717, 1.165) is 6.07 Å². The van der Waals surface area contributed by atoms with Gasteiger partial charge < -0.3 is 9.84 Å². The van der Waals surface area contributed by atoms with Crippen molar-refractivity contribution in [2.24, 2.45) is 0 Å². The van der Waals surface area contributed by atoms with Gasteiger partial charge in [-0.2, -0.15) is 0 Å². The van der Waals surface area contributed by atoms with Crippen LogP contribution in [0.1, 0.15) is 15.9 Å². The van der Waals surface area contributed by atoms with Crippen molar-refractivity contribution in [1.82, 2.24) is 4.89 Å². The summed E-state index contributed by atoms with van der Waals surface area (Å²) in [5, 5.41) is 8.94. The first-order valence-corrected chi connectivity index (χ1v) is 6.83. The number of methoxy groups -OCH3 is 1. The van der Waals surface area contributed by atoms with Gasteiger partial charge in [-0.3, -0.25) is 4.84 Å². The molecule has 8 heteroatoms. The Kier molecular flexibility index (Phi) is 5.43. The molecule has 0 aromatic heterocycles. The fraction of sp³-hybridized carbons (Fsp3) is 0.364. The second kappa shape index (κ2) is 6.62. The molecule has 0 unspecified atom stereocenters. The number of aryl methyl sites for hydroxylation is 1. The maximum Gasteiger partial charge on any atom is 0.335 e. The Bertz CT molecular complexity index is 554. The van der Waals surface area contributed by atoms with E-state index in [4.69, 9.17) is 14.7 Å². The smallest absolute Gasteiger partial charge is 0.335 e. The van der Waals surface area contributed by atoms with Gasteiger partial charge in [-0.15, -0.1) is 0 Å². The molecule has 2 N–H and O–H groups in total. The first-order chi connectivity index (χ1) is 8.88. The van der Waals surface area contributed by atoms with Gasteiger partial charge in [0.15, 0.2) is 0 Å².